The highest BCUT2D eigenvalue weighted by atomic mass is 16.7. The summed E-state index contributed by atoms with van der Waals surface area (Å²) in [4.78, 5) is 4.48. The third-order valence-electron chi connectivity index (χ3n) is 4.13. The van der Waals surface area contributed by atoms with Gasteiger partial charge in [-0.2, -0.15) is 0 Å². The molecule has 1 aliphatic rings. The molecule has 0 unspecified atom stereocenters. The molecule has 5 heterocycles. The van der Waals surface area contributed by atoms with Crippen LogP contribution in [0, 0.1) is 0 Å². The normalized spacial score (nSPS) is 12.8. The van der Waals surface area contributed by atoms with E-state index in [1.165, 1.54) is 4.73 Å². The Labute approximate surface area is 124 Å². The van der Waals surface area contributed by atoms with Gasteiger partial charge in [-0.3, -0.25) is 0 Å². The van der Waals surface area contributed by atoms with Gasteiger partial charge in [-0.15, -0.1) is 4.57 Å². The number of rotatable bonds is 2. The summed E-state index contributed by atoms with van der Waals surface area (Å²) >= 11 is 0. The monoisotopic (exact) mass is 294 g/mol. The quantitative estimate of drug-likeness (QED) is 0.248. The molecule has 0 amide bonds. The number of pyridine rings is 3. The molecule has 2 N–H and O–H groups in total. The Bertz CT molecular complexity index is 1080. The minimum atomic E-state index is -1.89. The highest BCUT2D eigenvalue weighted by molar-refractivity contribution is 6.33. The van der Waals surface area contributed by atoms with E-state index < -0.39 is 7.32 Å². The minimum Gasteiger partial charge on any atom is -0.421 e. The average molecular weight is 294 g/mol. The minimum absolute atomic E-state index is 0.735. The van der Waals surface area contributed by atoms with Crippen molar-refractivity contribution < 1.29 is 23.8 Å². The Hall–Kier alpha value is -2.71. The van der Waals surface area contributed by atoms with Crippen molar-refractivity contribution in [2.45, 2.75) is 6.54 Å². The van der Waals surface area contributed by atoms with Gasteiger partial charge in [-0.1, -0.05) is 4.40 Å². The molecule has 0 saturated heterocycles. The molecular weight excluding hydrogens is 283 g/mol. The first-order valence-electron chi connectivity index (χ1n) is 6.92. The lowest BCUT2D eigenvalue weighted by Crippen LogP contribution is -2.33. The van der Waals surface area contributed by atoms with Crippen molar-refractivity contribution in [1.82, 2.24) is 9.71 Å². The van der Waals surface area contributed by atoms with Crippen molar-refractivity contribution in [3.8, 4) is 0 Å². The van der Waals surface area contributed by atoms with E-state index in [0.717, 1.165) is 39.7 Å². The lowest BCUT2D eigenvalue weighted by molar-refractivity contribution is -0.688. The molecule has 7 nitrogen and oxygen atoms in total. The maximum Gasteiger partial charge on any atom is 0.728 e. The lowest BCUT2D eigenvalue weighted by atomic mass is 10.1. The van der Waals surface area contributed by atoms with Crippen LogP contribution in [-0.4, -0.2) is 27.1 Å². The molecule has 106 valence electrons. The molecule has 0 aliphatic carbocycles. The van der Waals surface area contributed by atoms with Gasteiger partial charge in [0.25, 0.3) is 0 Å². The zero-order chi connectivity index (χ0) is 14.8. The summed E-state index contributed by atoms with van der Waals surface area (Å²) in [6.45, 7) is 0.779. The maximum absolute atomic E-state index is 9.17. The zero-order valence-corrected chi connectivity index (χ0v) is 11.4. The van der Waals surface area contributed by atoms with Gasteiger partial charge in [-0.05, 0) is 12.1 Å². The maximum atomic E-state index is 9.17. The largest absolute Gasteiger partial charge is 0.728 e. The van der Waals surface area contributed by atoms with Gasteiger partial charge in [0.2, 0.25) is 17.9 Å². The average Bonchev–Trinajstić information content (AvgIpc) is 3.07. The van der Waals surface area contributed by atoms with E-state index in [9.17, 15) is 10.0 Å². The van der Waals surface area contributed by atoms with Crippen LogP contribution in [0.25, 0.3) is 27.6 Å². The van der Waals surface area contributed by atoms with Gasteiger partial charge in [0.05, 0.1) is 0 Å². The highest BCUT2D eigenvalue weighted by Crippen LogP contribution is 2.29. The molecule has 0 fully saturated rings. The number of fused-ring (bicyclic) bond motifs is 3. The van der Waals surface area contributed by atoms with Gasteiger partial charge < -0.3 is 14.8 Å². The SMILES string of the molecule is OB(O)On1ccc2c3c1c1ncccc1[n+]1cc[n+](c31)C2. The Morgan fingerprint density at radius 3 is 3.05 bits per heavy atom. The standard InChI is InChI=1S/C14H11BN4O3/c20-15(21)22-19-5-3-9-8-17-6-7-18-10-2-1-4-16-12(10)13(19)11(9)14(17)18/h1-7,20-21H,8H2/q+2. The first-order chi connectivity index (χ1) is 10.7. The predicted octanol–water partition coefficient (Wildman–Crippen LogP) is -1.02. The van der Waals surface area contributed by atoms with Crippen molar-refractivity contribution in [1.29, 1.82) is 0 Å². The fourth-order valence-electron chi connectivity index (χ4n) is 3.34. The summed E-state index contributed by atoms with van der Waals surface area (Å²) < 4.78 is 10.7. The summed E-state index contributed by atoms with van der Waals surface area (Å²) in [6, 6.07) is 5.79. The van der Waals surface area contributed by atoms with Crippen molar-refractivity contribution in [2.75, 3.05) is 0 Å². The van der Waals surface area contributed by atoms with Gasteiger partial charge >= 0.3 is 13.0 Å². The smallest absolute Gasteiger partial charge is 0.421 e. The summed E-state index contributed by atoms with van der Waals surface area (Å²) in [6.07, 6.45) is 7.46. The van der Waals surface area contributed by atoms with E-state index in [4.69, 9.17) is 4.76 Å². The molecule has 0 bridgehead atoms. The second kappa shape index (κ2) is 3.93. The van der Waals surface area contributed by atoms with Crippen LogP contribution in [0.1, 0.15) is 5.56 Å². The summed E-state index contributed by atoms with van der Waals surface area (Å²) in [7, 11) is -1.89. The van der Waals surface area contributed by atoms with Crippen LogP contribution in [0.15, 0.2) is 43.0 Å². The van der Waals surface area contributed by atoms with E-state index in [-0.39, 0.29) is 0 Å². The number of hydrogen-bond acceptors (Lipinski definition) is 4. The van der Waals surface area contributed by atoms with Gasteiger partial charge in [-0.25, -0.2) is 9.71 Å². The number of aromatic nitrogens is 4. The van der Waals surface area contributed by atoms with Crippen LogP contribution in [0.4, 0.5) is 0 Å². The summed E-state index contributed by atoms with van der Waals surface area (Å²) in [5, 5.41) is 19.4. The highest BCUT2D eigenvalue weighted by Gasteiger charge is 2.36. The molecule has 0 saturated carbocycles. The van der Waals surface area contributed by atoms with Gasteiger partial charge in [0.1, 0.15) is 5.52 Å². The Balaban J connectivity index is 2.08. The molecule has 0 atom stereocenters. The molecule has 8 heteroatoms. The number of hydrogen-bond donors (Lipinski definition) is 2. The molecule has 1 aliphatic heterocycles. The molecule has 4 aromatic heterocycles. The molecule has 5 rings (SSSR count). The Kier molecular flexibility index (Phi) is 2.13. The third-order valence-corrected chi connectivity index (χ3v) is 4.13. The van der Waals surface area contributed by atoms with Crippen molar-refractivity contribution >= 4 is 34.9 Å². The van der Waals surface area contributed by atoms with E-state index in [1.807, 2.05) is 30.6 Å². The number of imidazole rings is 1. The van der Waals surface area contributed by atoms with Gasteiger partial charge in [0.15, 0.2) is 17.4 Å². The number of nitrogens with zero attached hydrogens (tertiary/aromatic N) is 4. The summed E-state index contributed by atoms with van der Waals surface area (Å²) in [5.74, 6) is 0. The lowest BCUT2D eigenvalue weighted by Gasteiger charge is -2.11. The van der Waals surface area contributed by atoms with E-state index in [0.29, 0.717) is 0 Å². The van der Waals surface area contributed by atoms with Crippen molar-refractivity contribution in [2.24, 2.45) is 0 Å². The first kappa shape index (κ1) is 11.9. The molecule has 0 spiro atoms. The second-order valence-corrected chi connectivity index (χ2v) is 5.31. The van der Waals surface area contributed by atoms with Crippen molar-refractivity contribution in [3.05, 3.63) is 48.5 Å². The Morgan fingerprint density at radius 1 is 1.27 bits per heavy atom. The van der Waals surface area contributed by atoms with Crippen LogP contribution in [0.5, 0.6) is 0 Å². The Morgan fingerprint density at radius 2 is 2.18 bits per heavy atom. The topological polar surface area (TPSA) is 75.5 Å². The van der Waals surface area contributed by atoms with E-state index in [2.05, 4.69) is 14.0 Å². The third kappa shape index (κ3) is 1.35. The summed E-state index contributed by atoms with van der Waals surface area (Å²) in [5.41, 5.74) is 4.63. The fourth-order valence-corrected chi connectivity index (χ4v) is 3.34. The fraction of sp³-hybridized carbons (Fsp3) is 0.0714. The van der Waals surface area contributed by atoms with Crippen LogP contribution in [0.3, 0.4) is 0 Å². The molecule has 0 radical (unpaired) electrons. The van der Waals surface area contributed by atoms with Crippen LogP contribution in [-0.2, 0) is 6.54 Å². The molecule has 4 aromatic rings. The molecular formula is C14H11BN4O3+2. The molecule has 0 aromatic carbocycles. The van der Waals surface area contributed by atoms with E-state index in [1.54, 1.807) is 12.4 Å². The second-order valence-electron chi connectivity index (χ2n) is 5.31. The molecule has 22 heavy (non-hydrogen) atoms. The zero-order valence-electron chi connectivity index (χ0n) is 11.4. The van der Waals surface area contributed by atoms with Gasteiger partial charge in [0, 0.05) is 24.0 Å². The predicted molar refractivity (Wildman–Crippen MR) is 76.5 cm³/mol. The van der Waals surface area contributed by atoms with Crippen LogP contribution >= 0.6 is 0 Å². The van der Waals surface area contributed by atoms with E-state index >= 15 is 0 Å². The first-order valence-corrected chi connectivity index (χ1v) is 6.92. The van der Waals surface area contributed by atoms with Crippen LogP contribution in [0.2, 0.25) is 0 Å². The van der Waals surface area contributed by atoms with Crippen LogP contribution < -0.4 is 13.7 Å². The van der Waals surface area contributed by atoms with Crippen molar-refractivity contribution in [3.63, 3.8) is 0 Å².